The zero-order valence-electron chi connectivity index (χ0n) is 17.4. The second-order valence-electron chi connectivity index (χ2n) is 7.92. The molecule has 2 nitrogen and oxygen atoms in total. The second-order valence-corrected chi connectivity index (χ2v) is 7.92. The zero-order chi connectivity index (χ0) is 21.3. The standard InChI is InChI=1S/C30H20N2/c1-2-8-21(9-3-1)26-15-13-24-18-22-10-4-5-11-23(22)19-27(24)30(26)25-14-16-29(32-20-25)28-12-6-7-17-31-28/h1-20H. The molecule has 0 unspecified atom stereocenters. The number of fused-ring (bicyclic) bond motifs is 2. The molecule has 0 saturated carbocycles. The van der Waals surface area contributed by atoms with Crippen LogP contribution in [0.1, 0.15) is 0 Å². The van der Waals surface area contributed by atoms with Crippen molar-refractivity contribution in [3.63, 3.8) is 0 Å². The van der Waals surface area contributed by atoms with E-state index < -0.39 is 0 Å². The van der Waals surface area contributed by atoms with Crippen LogP contribution >= 0.6 is 0 Å². The minimum Gasteiger partial charge on any atom is -0.255 e. The Hall–Kier alpha value is -4.30. The van der Waals surface area contributed by atoms with E-state index in [2.05, 4.69) is 96.0 Å². The highest BCUT2D eigenvalue weighted by molar-refractivity contribution is 6.09. The van der Waals surface area contributed by atoms with Crippen LogP contribution in [0, 0.1) is 0 Å². The third kappa shape index (κ3) is 3.23. The second kappa shape index (κ2) is 7.75. The van der Waals surface area contributed by atoms with E-state index in [-0.39, 0.29) is 0 Å². The Kier molecular flexibility index (Phi) is 4.47. The Labute approximate surface area is 186 Å². The number of pyridine rings is 2. The van der Waals surface area contributed by atoms with Gasteiger partial charge in [0.25, 0.3) is 0 Å². The molecule has 2 aromatic heterocycles. The van der Waals surface area contributed by atoms with E-state index in [1.54, 1.807) is 6.20 Å². The average Bonchev–Trinajstić information content (AvgIpc) is 2.88. The maximum Gasteiger partial charge on any atom is 0.0886 e. The molecule has 32 heavy (non-hydrogen) atoms. The Bertz CT molecular complexity index is 1540. The number of aromatic nitrogens is 2. The lowest BCUT2D eigenvalue weighted by molar-refractivity contribution is 1.25. The first kappa shape index (κ1) is 18.5. The van der Waals surface area contributed by atoms with E-state index in [0.29, 0.717) is 0 Å². The van der Waals surface area contributed by atoms with Crippen LogP contribution in [-0.2, 0) is 0 Å². The lowest BCUT2D eigenvalue weighted by Crippen LogP contribution is -1.91. The van der Waals surface area contributed by atoms with Crippen molar-refractivity contribution in [3.05, 3.63) is 122 Å². The number of benzene rings is 4. The summed E-state index contributed by atoms with van der Waals surface area (Å²) < 4.78 is 0. The van der Waals surface area contributed by atoms with Gasteiger partial charge < -0.3 is 0 Å². The molecule has 0 fully saturated rings. The van der Waals surface area contributed by atoms with Crippen molar-refractivity contribution in [1.82, 2.24) is 9.97 Å². The molecule has 0 radical (unpaired) electrons. The molecule has 2 heteroatoms. The van der Waals surface area contributed by atoms with Crippen molar-refractivity contribution in [2.24, 2.45) is 0 Å². The fourth-order valence-corrected chi connectivity index (χ4v) is 4.39. The van der Waals surface area contributed by atoms with Gasteiger partial charge >= 0.3 is 0 Å². The molecule has 0 atom stereocenters. The minimum absolute atomic E-state index is 0.876. The summed E-state index contributed by atoms with van der Waals surface area (Å²) in [5.41, 5.74) is 6.48. The highest BCUT2D eigenvalue weighted by Gasteiger charge is 2.14. The van der Waals surface area contributed by atoms with Gasteiger partial charge in [-0.2, -0.15) is 0 Å². The van der Waals surface area contributed by atoms with Crippen LogP contribution in [0.3, 0.4) is 0 Å². The molecule has 0 aliphatic heterocycles. The molecule has 0 aliphatic carbocycles. The third-order valence-corrected chi connectivity index (χ3v) is 5.95. The molecule has 0 aliphatic rings. The summed E-state index contributed by atoms with van der Waals surface area (Å²) in [6, 6.07) is 38.3. The number of hydrogen-bond acceptors (Lipinski definition) is 2. The number of hydrogen-bond donors (Lipinski definition) is 0. The van der Waals surface area contributed by atoms with Gasteiger partial charge in [-0.25, -0.2) is 0 Å². The summed E-state index contributed by atoms with van der Waals surface area (Å²) in [4.78, 5) is 9.20. The summed E-state index contributed by atoms with van der Waals surface area (Å²) in [6.07, 6.45) is 3.77. The van der Waals surface area contributed by atoms with Gasteiger partial charge in [-0.3, -0.25) is 9.97 Å². The zero-order valence-corrected chi connectivity index (χ0v) is 17.4. The molecule has 0 saturated heterocycles. The van der Waals surface area contributed by atoms with E-state index in [0.717, 1.165) is 17.0 Å². The van der Waals surface area contributed by atoms with Crippen molar-refractivity contribution in [3.8, 4) is 33.6 Å². The molecule has 0 amide bonds. The smallest absolute Gasteiger partial charge is 0.0886 e. The molecular weight excluding hydrogens is 388 g/mol. The van der Waals surface area contributed by atoms with E-state index in [1.807, 2.05) is 24.4 Å². The van der Waals surface area contributed by atoms with Gasteiger partial charge in [0.2, 0.25) is 0 Å². The van der Waals surface area contributed by atoms with Gasteiger partial charge in [0.05, 0.1) is 11.4 Å². The molecule has 2 heterocycles. The first-order valence-corrected chi connectivity index (χ1v) is 10.8. The van der Waals surface area contributed by atoms with Gasteiger partial charge in [-0.1, -0.05) is 78.9 Å². The number of nitrogens with zero attached hydrogens (tertiary/aromatic N) is 2. The predicted octanol–water partition coefficient (Wildman–Crippen LogP) is 7.78. The molecule has 4 aromatic carbocycles. The summed E-state index contributed by atoms with van der Waals surface area (Å²) in [6.45, 7) is 0. The topological polar surface area (TPSA) is 25.8 Å². The van der Waals surface area contributed by atoms with Crippen LogP contribution in [0.4, 0.5) is 0 Å². The van der Waals surface area contributed by atoms with Crippen LogP contribution in [0.2, 0.25) is 0 Å². The molecular formula is C30H20N2. The normalized spacial score (nSPS) is 11.1. The first-order chi connectivity index (χ1) is 15.9. The number of rotatable bonds is 3. The average molecular weight is 409 g/mol. The van der Waals surface area contributed by atoms with Gasteiger partial charge in [-0.05, 0) is 68.6 Å². The Morgan fingerprint density at radius 3 is 1.97 bits per heavy atom. The maximum atomic E-state index is 4.77. The first-order valence-electron chi connectivity index (χ1n) is 10.8. The van der Waals surface area contributed by atoms with Crippen molar-refractivity contribution in [2.45, 2.75) is 0 Å². The van der Waals surface area contributed by atoms with E-state index in [4.69, 9.17) is 4.98 Å². The van der Waals surface area contributed by atoms with Gasteiger partial charge in [0.15, 0.2) is 0 Å². The van der Waals surface area contributed by atoms with Crippen LogP contribution in [0.15, 0.2) is 122 Å². The molecule has 0 bridgehead atoms. The predicted molar refractivity (Wildman–Crippen MR) is 133 cm³/mol. The van der Waals surface area contributed by atoms with Crippen LogP contribution in [0.25, 0.3) is 55.2 Å². The summed E-state index contributed by atoms with van der Waals surface area (Å²) >= 11 is 0. The quantitative estimate of drug-likeness (QED) is 0.279. The van der Waals surface area contributed by atoms with Gasteiger partial charge in [0, 0.05) is 18.0 Å². The lowest BCUT2D eigenvalue weighted by Gasteiger charge is -2.15. The summed E-state index contributed by atoms with van der Waals surface area (Å²) in [5, 5.41) is 4.95. The largest absolute Gasteiger partial charge is 0.255 e. The van der Waals surface area contributed by atoms with E-state index in [1.165, 1.54) is 38.2 Å². The lowest BCUT2D eigenvalue weighted by atomic mass is 9.89. The fourth-order valence-electron chi connectivity index (χ4n) is 4.39. The van der Waals surface area contributed by atoms with Crippen molar-refractivity contribution < 1.29 is 0 Å². The molecule has 6 aromatic rings. The molecule has 6 rings (SSSR count). The third-order valence-electron chi connectivity index (χ3n) is 5.95. The highest BCUT2D eigenvalue weighted by Crippen LogP contribution is 2.39. The van der Waals surface area contributed by atoms with E-state index >= 15 is 0 Å². The molecule has 0 spiro atoms. The van der Waals surface area contributed by atoms with Crippen molar-refractivity contribution in [2.75, 3.05) is 0 Å². The maximum absolute atomic E-state index is 4.77. The Morgan fingerprint density at radius 1 is 0.469 bits per heavy atom. The van der Waals surface area contributed by atoms with Gasteiger partial charge in [0.1, 0.15) is 0 Å². The molecule has 0 N–H and O–H groups in total. The Morgan fingerprint density at radius 2 is 1.22 bits per heavy atom. The highest BCUT2D eigenvalue weighted by atomic mass is 14.8. The summed E-state index contributed by atoms with van der Waals surface area (Å²) in [7, 11) is 0. The Balaban J connectivity index is 1.61. The van der Waals surface area contributed by atoms with Crippen LogP contribution < -0.4 is 0 Å². The van der Waals surface area contributed by atoms with E-state index in [9.17, 15) is 0 Å². The monoisotopic (exact) mass is 408 g/mol. The van der Waals surface area contributed by atoms with Crippen molar-refractivity contribution >= 4 is 21.5 Å². The minimum atomic E-state index is 0.876. The summed E-state index contributed by atoms with van der Waals surface area (Å²) in [5.74, 6) is 0. The SMILES string of the molecule is c1ccc(-c2ccc3cc4ccccc4cc3c2-c2ccc(-c3ccccn3)nc2)cc1. The van der Waals surface area contributed by atoms with Crippen LogP contribution in [-0.4, -0.2) is 9.97 Å². The van der Waals surface area contributed by atoms with Crippen molar-refractivity contribution in [1.29, 1.82) is 0 Å². The van der Waals surface area contributed by atoms with Gasteiger partial charge in [-0.15, -0.1) is 0 Å². The molecule has 150 valence electrons. The van der Waals surface area contributed by atoms with Crippen LogP contribution in [0.5, 0.6) is 0 Å². The fraction of sp³-hybridized carbons (Fsp3) is 0.